The average Bonchev–Trinajstić information content (AvgIpc) is 2.60. The fourth-order valence-corrected chi connectivity index (χ4v) is 2.75. The molecule has 0 aliphatic heterocycles. The number of hydrogen-bond acceptors (Lipinski definition) is 6. The number of carbonyl (C=O) groups excluding carboxylic acids is 3. The molecule has 6 heteroatoms. The molecule has 0 radical (unpaired) electrons. The fourth-order valence-electron chi connectivity index (χ4n) is 2.75. The van der Waals surface area contributed by atoms with Crippen LogP contribution in [-0.2, 0) is 9.53 Å². The molecule has 0 atom stereocenters. The third-order valence-electron chi connectivity index (χ3n) is 3.93. The largest absolute Gasteiger partial charge is 0.507 e. The molecule has 0 fully saturated rings. The summed E-state index contributed by atoms with van der Waals surface area (Å²) in [6, 6.07) is 9.38. The quantitative estimate of drug-likeness (QED) is 0.564. The lowest BCUT2D eigenvalue weighted by atomic mass is 9.82. The van der Waals surface area contributed by atoms with Gasteiger partial charge in [-0.05, 0) is 12.1 Å². The lowest BCUT2D eigenvalue weighted by Gasteiger charge is -2.21. The van der Waals surface area contributed by atoms with Crippen LogP contribution in [0, 0.1) is 0 Å². The summed E-state index contributed by atoms with van der Waals surface area (Å²) in [4.78, 5) is 36.6. The average molecular weight is 325 g/mol. The number of phenols is 1. The molecule has 0 unspecified atom stereocenters. The smallest absolute Gasteiger partial charge is 0.307 e. The third-order valence-corrected chi connectivity index (χ3v) is 3.93. The van der Waals surface area contributed by atoms with E-state index in [-0.39, 0.29) is 47.2 Å². The number of phenolic OH excluding ortho intramolecular Hbond substituents is 1. The maximum atomic E-state index is 12.8. The van der Waals surface area contributed by atoms with E-state index in [1.54, 1.807) is 24.3 Å². The van der Waals surface area contributed by atoms with Crippen molar-refractivity contribution in [2.24, 2.45) is 0 Å². The normalized spacial score (nSPS) is 12.4. The standard InChI is InChI=1S/C18H15NO5/c1-24-14(21)8-9-19-12-6-7-13(20)16-15(12)17(22)10-4-2-3-5-11(10)18(16)23/h2-7,19-20H,8-9H2,1H3. The maximum absolute atomic E-state index is 12.8. The summed E-state index contributed by atoms with van der Waals surface area (Å²) in [5.41, 5.74) is 1.10. The molecule has 0 saturated heterocycles. The predicted molar refractivity (Wildman–Crippen MR) is 86.5 cm³/mol. The van der Waals surface area contributed by atoms with E-state index in [1.807, 2.05) is 0 Å². The van der Waals surface area contributed by atoms with Gasteiger partial charge in [0, 0.05) is 23.4 Å². The number of nitrogens with one attached hydrogen (secondary N) is 1. The van der Waals surface area contributed by atoms with Crippen molar-refractivity contribution in [2.75, 3.05) is 19.0 Å². The van der Waals surface area contributed by atoms with Crippen molar-refractivity contribution in [1.82, 2.24) is 0 Å². The van der Waals surface area contributed by atoms with Crippen LogP contribution in [0.2, 0.25) is 0 Å². The van der Waals surface area contributed by atoms with E-state index in [2.05, 4.69) is 10.1 Å². The Morgan fingerprint density at radius 3 is 2.29 bits per heavy atom. The highest BCUT2D eigenvalue weighted by molar-refractivity contribution is 6.31. The van der Waals surface area contributed by atoms with Gasteiger partial charge in [-0.2, -0.15) is 0 Å². The lowest BCUT2D eigenvalue weighted by molar-refractivity contribution is -0.140. The van der Waals surface area contributed by atoms with Gasteiger partial charge in [-0.15, -0.1) is 0 Å². The first-order valence-electron chi connectivity index (χ1n) is 7.39. The van der Waals surface area contributed by atoms with E-state index in [9.17, 15) is 19.5 Å². The monoisotopic (exact) mass is 325 g/mol. The van der Waals surface area contributed by atoms with Crippen LogP contribution < -0.4 is 5.32 Å². The molecule has 0 aromatic heterocycles. The van der Waals surface area contributed by atoms with E-state index in [1.165, 1.54) is 19.2 Å². The minimum absolute atomic E-state index is 0.0123. The first-order chi connectivity index (χ1) is 11.5. The van der Waals surface area contributed by atoms with Crippen LogP contribution >= 0.6 is 0 Å². The van der Waals surface area contributed by atoms with Crippen LogP contribution in [0.15, 0.2) is 36.4 Å². The second kappa shape index (κ2) is 6.16. The van der Waals surface area contributed by atoms with E-state index >= 15 is 0 Å². The van der Waals surface area contributed by atoms with Crippen molar-refractivity contribution in [1.29, 1.82) is 0 Å². The second-order valence-electron chi connectivity index (χ2n) is 5.34. The van der Waals surface area contributed by atoms with Gasteiger partial charge in [-0.25, -0.2) is 0 Å². The minimum atomic E-state index is -0.394. The number of aromatic hydroxyl groups is 1. The maximum Gasteiger partial charge on any atom is 0.307 e. The first kappa shape index (κ1) is 15.7. The Hall–Kier alpha value is -3.15. The summed E-state index contributed by atoms with van der Waals surface area (Å²) in [6.07, 6.45) is 0.116. The summed E-state index contributed by atoms with van der Waals surface area (Å²) in [6.45, 7) is 0.243. The van der Waals surface area contributed by atoms with Crippen LogP contribution in [0.5, 0.6) is 5.75 Å². The van der Waals surface area contributed by atoms with Crippen LogP contribution in [0.25, 0.3) is 0 Å². The van der Waals surface area contributed by atoms with Crippen molar-refractivity contribution in [3.05, 3.63) is 58.7 Å². The molecule has 0 amide bonds. The van der Waals surface area contributed by atoms with Gasteiger partial charge in [-0.3, -0.25) is 14.4 Å². The van der Waals surface area contributed by atoms with Crippen molar-refractivity contribution < 1.29 is 24.2 Å². The SMILES string of the molecule is COC(=O)CCNc1ccc(O)c2c1C(=O)c1ccccc1C2=O. The van der Waals surface area contributed by atoms with Crippen LogP contribution in [-0.4, -0.2) is 36.3 Å². The summed E-state index contributed by atoms with van der Waals surface area (Å²) in [5, 5.41) is 13.0. The fraction of sp³-hybridized carbons (Fsp3) is 0.167. The number of rotatable bonds is 4. The molecule has 0 heterocycles. The number of methoxy groups -OCH3 is 1. The van der Waals surface area contributed by atoms with Gasteiger partial charge < -0.3 is 15.2 Å². The van der Waals surface area contributed by atoms with Crippen molar-refractivity contribution in [2.45, 2.75) is 6.42 Å². The summed E-state index contributed by atoms with van der Waals surface area (Å²) in [7, 11) is 1.30. The van der Waals surface area contributed by atoms with Gasteiger partial charge in [0.2, 0.25) is 0 Å². The van der Waals surface area contributed by atoms with Crippen LogP contribution in [0.1, 0.15) is 38.3 Å². The molecule has 2 aromatic rings. The Labute approximate surface area is 138 Å². The minimum Gasteiger partial charge on any atom is -0.507 e. The highest BCUT2D eigenvalue weighted by Gasteiger charge is 2.33. The van der Waals surface area contributed by atoms with Crippen molar-refractivity contribution in [3.63, 3.8) is 0 Å². The summed E-state index contributed by atoms with van der Waals surface area (Å²) in [5.74, 6) is -1.36. The molecule has 1 aliphatic carbocycles. The van der Waals surface area contributed by atoms with Gasteiger partial charge >= 0.3 is 5.97 Å². The number of ketones is 2. The molecule has 3 rings (SSSR count). The van der Waals surface area contributed by atoms with E-state index in [0.717, 1.165) is 0 Å². The zero-order chi connectivity index (χ0) is 17.3. The number of fused-ring (bicyclic) bond motifs is 2. The molecule has 0 spiro atoms. The van der Waals surface area contributed by atoms with E-state index < -0.39 is 5.78 Å². The van der Waals surface area contributed by atoms with E-state index in [4.69, 9.17) is 0 Å². The number of carbonyl (C=O) groups is 3. The highest BCUT2D eigenvalue weighted by Crippen LogP contribution is 2.36. The van der Waals surface area contributed by atoms with Gasteiger partial charge in [0.05, 0.1) is 24.7 Å². The van der Waals surface area contributed by atoms with Crippen LogP contribution in [0.3, 0.4) is 0 Å². The van der Waals surface area contributed by atoms with Gasteiger partial charge in [0.1, 0.15) is 5.75 Å². The van der Waals surface area contributed by atoms with Gasteiger partial charge in [-0.1, -0.05) is 24.3 Å². The molecular formula is C18H15NO5. The predicted octanol–water partition coefficient (Wildman–Crippen LogP) is 2.14. The van der Waals surface area contributed by atoms with E-state index in [0.29, 0.717) is 11.3 Å². The topological polar surface area (TPSA) is 92.7 Å². The van der Waals surface area contributed by atoms with Crippen LogP contribution in [0.4, 0.5) is 5.69 Å². The second-order valence-corrected chi connectivity index (χ2v) is 5.34. The molecular weight excluding hydrogens is 310 g/mol. The number of esters is 1. The molecule has 0 saturated carbocycles. The number of hydrogen-bond donors (Lipinski definition) is 2. The molecule has 6 nitrogen and oxygen atoms in total. The summed E-state index contributed by atoms with van der Waals surface area (Å²) >= 11 is 0. The number of ether oxygens (including phenoxy) is 1. The molecule has 1 aliphatic rings. The zero-order valence-electron chi connectivity index (χ0n) is 13.0. The Balaban J connectivity index is 2.02. The Morgan fingerprint density at radius 2 is 1.67 bits per heavy atom. The first-order valence-corrected chi connectivity index (χ1v) is 7.39. The van der Waals surface area contributed by atoms with Crippen molar-refractivity contribution >= 4 is 23.2 Å². The van der Waals surface area contributed by atoms with Gasteiger partial charge in [0.25, 0.3) is 0 Å². The molecule has 122 valence electrons. The Kier molecular flexibility index (Phi) is 4.04. The summed E-state index contributed by atoms with van der Waals surface area (Å²) < 4.78 is 4.56. The number of benzene rings is 2. The van der Waals surface area contributed by atoms with Crippen molar-refractivity contribution in [3.8, 4) is 5.75 Å². The molecule has 2 aromatic carbocycles. The Morgan fingerprint density at radius 1 is 1.04 bits per heavy atom. The zero-order valence-corrected chi connectivity index (χ0v) is 13.0. The number of anilines is 1. The van der Waals surface area contributed by atoms with Gasteiger partial charge in [0.15, 0.2) is 11.6 Å². The third kappa shape index (κ3) is 2.52. The molecule has 24 heavy (non-hydrogen) atoms. The lowest BCUT2D eigenvalue weighted by Crippen LogP contribution is -2.23. The Bertz CT molecular complexity index is 856. The molecule has 2 N–H and O–H groups in total. The highest BCUT2D eigenvalue weighted by atomic mass is 16.5. The molecule has 0 bridgehead atoms.